The highest BCUT2D eigenvalue weighted by molar-refractivity contribution is 4.95. The molecule has 2 saturated heterocycles. The van der Waals surface area contributed by atoms with E-state index in [-0.39, 0.29) is 0 Å². The van der Waals surface area contributed by atoms with E-state index in [2.05, 4.69) is 37.9 Å². The maximum Gasteiger partial charge on any atom is 0.0471 e. The molecule has 2 atom stereocenters. The molecule has 0 amide bonds. The zero-order valence-electron chi connectivity index (χ0n) is 12.6. The molecule has 2 unspecified atom stereocenters. The number of hydrogen-bond acceptors (Lipinski definition) is 3. The van der Waals surface area contributed by atoms with E-state index in [1.165, 1.54) is 32.4 Å². The molecule has 2 fully saturated rings. The van der Waals surface area contributed by atoms with Crippen molar-refractivity contribution < 1.29 is 4.74 Å². The Morgan fingerprint density at radius 3 is 2.56 bits per heavy atom. The average Bonchev–Trinajstić information content (AvgIpc) is 2.35. The minimum atomic E-state index is 0.300. The van der Waals surface area contributed by atoms with Crippen molar-refractivity contribution in [2.45, 2.75) is 58.5 Å². The summed E-state index contributed by atoms with van der Waals surface area (Å²) in [7, 11) is 0. The Labute approximate surface area is 112 Å². The van der Waals surface area contributed by atoms with Crippen LogP contribution in [0.15, 0.2) is 0 Å². The Bertz CT molecular complexity index is 276. The smallest absolute Gasteiger partial charge is 0.0471 e. The summed E-state index contributed by atoms with van der Waals surface area (Å²) in [6.07, 6.45) is 3.63. The van der Waals surface area contributed by atoms with Gasteiger partial charge in [-0.3, -0.25) is 4.90 Å². The summed E-state index contributed by atoms with van der Waals surface area (Å²) in [5.74, 6) is 0. The van der Waals surface area contributed by atoms with E-state index in [1.54, 1.807) is 0 Å². The van der Waals surface area contributed by atoms with Gasteiger partial charge in [0.15, 0.2) is 0 Å². The maximum absolute atomic E-state index is 5.51. The van der Waals surface area contributed by atoms with Gasteiger partial charge in [-0.2, -0.15) is 0 Å². The number of nitrogens with zero attached hydrogens (tertiary/aromatic N) is 1. The number of nitrogens with one attached hydrogen (secondary N) is 1. The summed E-state index contributed by atoms with van der Waals surface area (Å²) < 4.78 is 5.51. The molecular formula is C15H30N2O. The standard InChI is InChI=1S/C15H30N2O/c1-5-15(4)12-17(13(2)10-16-15)11-14(3)6-8-18-9-7-14/h13,16H,5-12H2,1-4H3. The second-order valence-corrected chi connectivity index (χ2v) is 6.97. The molecule has 0 aromatic heterocycles. The first kappa shape index (κ1) is 14.3. The van der Waals surface area contributed by atoms with Gasteiger partial charge in [-0.05, 0) is 38.5 Å². The SMILES string of the molecule is CCC1(C)CN(CC2(C)CCOCC2)C(C)CN1. The second kappa shape index (κ2) is 5.48. The van der Waals surface area contributed by atoms with Gasteiger partial charge in [0, 0.05) is 44.4 Å². The third-order valence-electron chi connectivity index (χ3n) is 5.06. The number of ether oxygens (including phenoxy) is 1. The Hall–Kier alpha value is -0.120. The van der Waals surface area contributed by atoms with Crippen molar-refractivity contribution in [3.05, 3.63) is 0 Å². The molecule has 2 rings (SSSR count). The molecule has 1 N–H and O–H groups in total. The first-order chi connectivity index (χ1) is 8.46. The van der Waals surface area contributed by atoms with Gasteiger partial charge in [-0.25, -0.2) is 0 Å². The topological polar surface area (TPSA) is 24.5 Å². The Morgan fingerprint density at radius 2 is 1.94 bits per heavy atom. The molecule has 3 nitrogen and oxygen atoms in total. The summed E-state index contributed by atoms with van der Waals surface area (Å²) in [6, 6.07) is 0.657. The first-order valence-corrected chi connectivity index (χ1v) is 7.53. The van der Waals surface area contributed by atoms with Crippen molar-refractivity contribution in [3.63, 3.8) is 0 Å². The van der Waals surface area contributed by atoms with Gasteiger partial charge in [0.25, 0.3) is 0 Å². The van der Waals surface area contributed by atoms with Crippen molar-refractivity contribution >= 4 is 0 Å². The third-order valence-corrected chi connectivity index (χ3v) is 5.06. The van der Waals surface area contributed by atoms with Crippen LogP contribution in [-0.2, 0) is 4.74 Å². The lowest BCUT2D eigenvalue weighted by molar-refractivity contribution is -0.0160. The highest BCUT2D eigenvalue weighted by Gasteiger charge is 2.37. The minimum absolute atomic E-state index is 0.300. The van der Waals surface area contributed by atoms with E-state index < -0.39 is 0 Å². The highest BCUT2D eigenvalue weighted by atomic mass is 16.5. The van der Waals surface area contributed by atoms with Gasteiger partial charge in [0.1, 0.15) is 0 Å². The van der Waals surface area contributed by atoms with Crippen LogP contribution in [0.25, 0.3) is 0 Å². The van der Waals surface area contributed by atoms with E-state index in [9.17, 15) is 0 Å². The Kier molecular flexibility index (Phi) is 4.35. The largest absolute Gasteiger partial charge is 0.381 e. The van der Waals surface area contributed by atoms with Crippen LogP contribution in [0.4, 0.5) is 0 Å². The molecule has 2 aliphatic rings. The minimum Gasteiger partial charge on any atom is -0.381 e. The second-order valence-electron chi connectivity index (χ2n) is 6.97. The molecule has 0 radical (unpaired) electrons. The molecule has 0 aromatic rings. The van der Waals surface area contributed by atoms with Gasteiger partial charge in [-0.15, -0.1) is 0 Å². The van der Waals surface area contributed by atoms with Crippen molar-refractivity contribution in [1.82, 2.24) is 10.2 Å². The molecule has 106 valence electrons. The van der Waals surface area contributed by atoms with E-state index in [0.29, 0.717) is 17.0 Å². The van der Waals surface area contributed by atoms with Crippen LogP contribution in [0.3, 0.4) is 0 Å². The van der Waals surface area contributed by atoms with Crippen LogP contribution in [0.1, 0.15) is 47.0 Å². The molecule has 18 heavy (non-hydrogen) atoms. The molecule has 0 aliphatic carbocycles. The van der Waals surface area contributed by atoms with Crippen molar-refractivity contribution in [2.75, 3.05) is 32.8 Å². The van der Waals surface area contributed by atoms with Crippen molar-refractivity contribution in [1.29, 1.82) is 0 Å². The normalized spacial score (nSPS) is 37.7. The Balaban J connectivity index is 1.97. The lowest BCUT2D eigenvalue weighted by Crippen LogP contribution is -2.63. The Morgan fingerprint density at radius 1 is 1.28 bits per heavy atom. The van der Waals surface area contributed by atoms with Gasteiger partial charge in [-0.1, -0.05) is 13.8 Å². The predicted octanol–water partition coefficient (Wildman–Crippen LogP) is 2.27. The van der Waals surface area contributed by atoms with E-state index in [0.717, 1.165) is 19.8 Å². The zero-order chi connectivity index (χ0) is 13.2. The zero-order valence-corrected chi connectivity index (χ0v) is 12.6. The fraction of sp³-hybridized carbons (Fsp3) is 1.00. The van der Waals surface area contributed by atoms with E-state index in [1.807, 2.05) is 0 Å². The fourth-order valence-corrected chi connectivity index (χ4v) is 3.14. The van der Waals surface area contributed by atoms with E-state index >= 15 is 0 Å². The third kappa shape index (κ3) is 3.25. The first-order valence-electron chi connectivity index (χ1n) is 7.53. The summed E-state index contributed by atoms with van der Waals surface area (Å²) in [4.78, 5) is 2.70. The number of rotatable bonds is 3. The molecule has 2 heterocycles. The quantitative estimate of drug-likeness (QED) is 0.836. The highest BCUT2D eigenvalue weighted by Crippen LogP contribution is 2.32. The van der Waals surface area contributed by atoms with Crippen molar-refractivity contribution in [3.8, 4) is 0 Å². The van der Waals surface area contributed by atoms with Crippen LogP contribution >= 0.6 is 0 Å². The van der Waals surface area contributed by atoms with Gasteiger partial charge in [0.05, 0.1) is 0 Å². The van der Waals surface area contributed by atoms with Crippen molar-refractivity contribution in [2.24, 2.45) is 5.41 Å². The molecule has 0 bridgehead atoms. The summed E-state index contributed by atoms with van der Waals surface area (Å²) in [6.45, 7) is 14.9. The molecule has 0 saturated carbocycles. The molecule has 0 aromatic carbocycles. The predicted molar refractivity (Wildman–Crippen MR) is 75.9 cm³/mol. The van der Waals surface area contributed by atoms with Crippen LogP contribution in [0.5, 0.6) is 0 Å². The average molecular weight is 254 g/mol. The van der Waals surface area contributed by atoms with Crippen LogP contribution in [-0.4, -0.2) is 49.3 Å². The molecular weight excluding hydrogens is 224 g/mol. The van der Waals surface area contributed by atoms with Crippen LogP contribution in [0, 0.1) is 5.41 Å². The molecule has 0 spiro atoms. The van der Waals surface area contributed by atoms with Gasteiger partial charge >= 0.3 is 0 Å². The maximum atomic E-state index is 5.51. The fourth-order valence-electron chi connectivity index (χ4n) is 3.14. The van der Waals surface area contributed by atoms with Gasteiger partial charge < -0.3 is 10.1 Å². The van der Waals surface area contributed by atoms with E-state index in [4.69, 9.17) is 4.74 Å². The monoisotopic (exact) mass is 254 g/mol. The lowest BCUT2D eigenvalue weighted by atomic mass is 9.80. The number of hydrogen-bond donors (Lipinski definition) is 1. The molecule has 2 aliphatic heterocycles. The summed E-state index contributed by atoms with van der Waals surface area (Å²) >= 11 is 0. The number of piperazine rings is 1. The summed E-state index contributed by atoms with van der Waals surface area (Å²) in [5.41, 5.74) is 0.756. The van der Waals surface area contributed by atoms with Crippen LogP contribution in [0.2, 0.25) is 0 Å². The summed E-state index contributed by atoms with van der Waals surface area (Å²) in [5, 5.41) is 3.71. The van der Waals surface area contributed by atoms with Crippen LogP contribution < -0.4 is 5.32 Å². The molecule has 3 heteroatoms. The van der Waals surface area contributed by atoms with Gasteiger partial charge in [0.2, 0.25) is 0 Å². The lowest BCUT2D eigenvalue weighted by Gasteiger charge is -2.48.